The fourth-order valence-corrected chi connectivity index (χ4v) is 2.94. The minimum Gasteiger partial charge on any atom is -0.495 e. The Balaban J connectivity index is 3.01. The number of likely N-dealkylation sites (N-methyl/N-ethyl adjacent to an activating group) is 1. The second kappa shape index (κ2) is 6.23. The molecule has 0 heterocycles. The number of methoxy groups -OCH3 is 1. The summed E-state index contributed by atoms with van der Waals surface area (Å²) >= 11 is 5.87. The van der Waals surface area contributed by atoms with Crippen LogP contribution in [0.2, 0.25) is 5.02 Å². The highest BCUT2D eigenvalue weighted by Crippen LogP contribution is 2.26. The van der Waals surface area contributed by atoms with Crippen LogP contribution in [-0.4, -0.2) is 34.5 Å². The zero-order valence-corrected chi connectivity index (χ0v) is 12.3. The summed E-state index contributed by atoms with van der Waals surface area (Å²) in [5.41, 5.74) is 0. The highest BCUT2D eigenvalue weighted by molar-refractivity contribution is 7.89. The molecule has 2 N–H and O–H groups in total. The van der Waals surface area contributed by atoms with Crippen LogP contribution in [0.15, 0.2) is 23.1 Å². The summed E-state index contributed by atoms with van der Waals surface area (Å²) in [7, 11) is -0.953. The summed E-state index contributed by atoms with van der Waals surface area (Å²) in [6.45, 7) is 1.45. The van der Waals surface area contributed by atoms with Crippen molar-refractivity contribution in [2.45, 2.75) is 17.9 Å². The zero-order chi connectivity index (χ0) is 14.6. The van der Waals surface area contributed by atoms with Crippen molar-refractivity contribution in [3.8, 4) is 5.75 Å². The fraction of sp³-hybridized carbons (Fsp3) is 0.364. The molecule has 1 aromatic carbocycles. The van der Waals surface area contributed by atoms with Crippen molar-refractivity contribution in [3.05, 3.63) is 23.2 Å². The molecule has 8 heteroatoms. The Hall–Kier alpha value is -1.31. The Morgan fingerprint density at radius 2 is 2.05 bits per heavy atom. The largest absolute Gasteiger partial charge is 0.495 e. The van der Waals surface area contributed by atoms with Gasteiger partial charge in [0.15, 0.2) is 0 Å². The molecule has 1 aromatic rings. The molecule has 0 aliphatic carbocycles. The molecule has 0 fully saturated rings. The highest BCUT2D eigenvalue weighted by Gasteiger charge is 2.22. The van der Waals surface area contributed by atoms with Gasteiger partial charge in [-0.25, -0.2) is 8.42 Å². The predicted octanol–water partition coefficient (Wildman–Crippen LogP) is 0.761. The summed E-state index contributed by atoms with van der Waals surface area (Å²) in [6, 6.07) is 3.18. The molecular formula is C11H15ClN2O4S. The Labute approximate surface area is 117 Å². The average Bonchev–Trinajstić information content (AvgIpc) is 2.37. The fourth-order valence-electron chi connectivity index (χ4n) is 1.39. The van der Waals surface area contributed by atoms with Gasteiger partial charge in [0.1, 0.15) is 5.75 Å². The van der Waals surface area contributed by atoms with Gasteiger partial charge in [0, 0.05) is 7.05 Å². The number of ether oxygens (including phenoxy) is 1. The van der Waals surface area contributed by atoms with Crippen LogP contribution in [0.1, 0.15) is 6.92 Å². The first-order valence-corrected chi connectivity index (χ1v) is 7.25. The molecule has 0 spiro atoms. The lowest BCUT2D eigenvalue weighted by atomic mass is 10.3. The van der Waals surface area contributed by atoms with Crippen LogP contribution >= 0.6 is 11.6 Å². The van der Waals surface area contributed by atoms with E-state index in [4.69, 9.17) is 16.3 Å². The average molecular weight is 307 g/mol. The number of amides is 1. The van der Waals surface area contributed by atoms with Gasteiger partial charge in [-0.3, -0.25) is 4.79 Å². The number of carbonyl (C=O) groups is 1. The Kier molecular flexibility index (Phi) is 5.16. The topological polar surface area (TPSA) is 84.5 Å². The zero-order valence-electron chi connectivity index (χ0n) is 10.7. The van der Waals surface area contributed by atoms with Gasteiger partial charge in [0.2, 0.25) is 15.9 Å². The third kappa shape index (κ3) is 3.82. The summed E-state index contributed by atoms with van der Waals surface area (Å²) in [5.74, 6) is -0.0526. The first kappa shape index (κ1) is 15.7. The number of rotatable bonds is 5. The van der Waals surface area contributed by atoms with Crippen LogP contribution in [0.4, 0.5) is 0 Å². The van der Waals surface area contributed by atoms with Crippen molar-refractivity contribution >= 4 is 27.5 Å². The third-order valence-corrected chi connectivity index (χ3v) is 4.24. The molecule has 1 rings (SSSR count). The molecule has 0 saturated carbocycles. The lowest BCUT2D eigenvalue weighted by Crippen LogP contribution is -2.43. The molecule has 106 valence electrons. The molecule has 0 aliphatic rings. The van der Waals surface area contributed by atoms with Crippen LogP contribution in [0, 0.1) is 0 Å². The number of hydrogen-bond acceptors (Lipinski definition) is 4. The Morgan fingerprint density at radius 1 is 1.42 bits per heavy atom. The lowest BCUT2D eigenvalue weighted by Gasteiger charge is -2.13. The maximum atomic E-state index is 12.0. The standard InChI is InChI=1S/C11H15ClN2O4S/c1-7(11(15)13-2)14-19(16,17)8-4-5-10(18-3)9(12)6-8/h4-7,14H,1-3H3,(H,13,15)/t7-/m1/s1. The van der Waals surface area contributed by atoms with Crippen LogP contribution in [0.5, 0.6) is 5.75 Å². The van der Waals surface area contributed by atoms with E-state index in [2.05, 4.69) is 10.0 Å². The summed E-state index contributed by atoms with van der Waals surface area (Å²) < 4.78 is 31.2. The van der Waals surface area contributed by atoms with Gasteiger partial charge in [-0.2, -0.15) is 4.72 Å². The summed E-state index contributed by atoms with van der Waals surface area (Å²) in [5, 5.41) is 2.54. The van der Waals surface area contributed by atoms with Crippen LogP contribution < -0.4 is 14.8 Å². The van der Waals surface area contributed by atoms with Gasteiger partial charge in [-0.1, -0.05) is 11.6 Å². The third-order valence-electron chi connectivity index (χ3n) is 2.41. The van der Waals surface area contributed by atoms with Gasteiger partial charge in [-0.15, -0.1) is 0 Å². The van der Waals surface area contributed by atoms with Crippen LogP contribution in [0.3, 0.4) is 0 Å². The number of nitrogens with one attached hydrogen (secondary N) is 2. The van der Waals surface area contributed by atoms with E-state index in [1.165, 1.54) is 39.3 Å². The smallest absolute Gasteiger partial charge is 0.241 e. The van der Waals surface area contributed by atoms with Crippen molar-refractivity contribution in [3.63, 3.8) is 0 Å². The van der Waals surface area contributed by atoms with E-state index in [1.54, 1.807) is 0 Å². The lowest BCUT2D eigenvalue weighted by molar-refractivity contribution is -0.121. The Bertz CT molecular complexity index is 574. The number of halogens is 1. The van der Waals surface area contributed by atoms with Crippen molar-refractivity contribution in [1.29, 1.82) is 0 Å². The minimum absolute atomic E-state index is 0.0333. The summed E-state index contributed by atoms with van der Waals surface area (Å²) in [4.78, 5) is 11.3. The van der Waals surface area contributed by atoms with E-state index < -0.39 is 22.0 Å². The Morgan fingerprint density at radius 3 is 2.53 bits per heavy atom. The SMILES string of the molecule is CNC(=O)[C@@H](C)NS(=O)(=O)c1ccc(OC)c(Cl)c1. The molecule has 1 amide bonds. The molecule has 0 saturated heterocycles. The predicted molar refractivity (Wildman–Crippen MR) is 71.9 cm³/mol. The maximum absolute atomic E-state index is 12.0. The van der Waals surface area contributed by atoms with Gasteiger partial charge in [-0.05, 0) is 25.1 Å². The monoisotopic (exact) mass is 306 g/mol. The van der Waals surface area contributed by atoms with Gasteiger partial charge >= 0.3 is 0 Å². The molecular weight excluding hydrogens is 292 g/mol. The number of benzene rings is 1. The molecule has 0 radical (unpaired) electrons. The van der Waals surface area contributed by atoms with Crippen LogP contribution in [-0.2, 0) is 14.8 Å². The molecule has 0 unspecified atom stereocenters. The second-order valence-corrected chi connectivity index (χ2v) is 5.87. The van der Waals surface area contributed by atoms with Crippen molar-refractivity contribution in [2.75, 3.05) is 14.2 Å². The molecule has 1 atom stereocenters. The molecule has 19 heavy (non-hydrogen) atoms. The molecule has 0 aliphatic heterocycles. The quantitative estimate of drug-likeness (QED) is 0.841. The van der Waals surface area contributed by atoms with Gasteiger partial charge in [0.05, 0.1) is 23.1 Å². The number of sulfonamides is 1. The van der Waals surface area contributed by atoms with E-state index in [1.807, 2.05) is 0 Å². The van der Waals surface area contributed by atoms with Gasteiger partial charge in [0.25, 0.3) is 0 Å². The van der Waals surface area contributed by atoms with E-state index in [0.29, 0.717) is 5.75 Å². The first-order valence-electron chi connectivity index (χ1n) is 5.39. The second-order valence-electron chi connectivity index (χ2n) is 3.75. The van der Waals surface area contributed by atoms with Crippen molar-refractivity contribution in [1.82, 2.24) is 10.0 Å². The molecule has 0 bridgehead atoms. The maximum Gasteiger partial charge on any atom is 0.241 e. The molecule has 6 nitrogen and oxygen atoms in total. The molecule has 0 aromatic heterocycles. The number of carbonyl (C=O) groups excluding carboxylic acids is 1. The van der Waals surface area contributed by atoms with Crippen molar-refractivity contribution in [2.24, 2.45) is 0 Å². The van der Waals surface area contributed by atoms with Crippen molar-refractivity contribution < 1.29 is 17.9 Å². The van der Waals surface area contributed by atoms with E-state index in [0.717, 1.165) is 0 Å². The highest BCUT2D eigenvalue weighted by atomic mass is 35.5. The summed E-state index contributed by atoms with van der Waals surface area (Å²) in [6.07, 6.45) is 0. The van der Waals surface area contributed by atoms with E-state index in [-0.39, 0.29) is 9.92 Å². The normalized spacial score (nSPS) is 12.8. The van der Waals surface area contributed by atoms with E-state index >= 15 is 0 Å². The van der Waals surface area contributed by atoms with E-state index in [9.17, 15) is 13.2 Å². The van der Waals surface area contributed by atoms with Crippen LogP contribution in [0.25, 0.3) is 0 Å². The first-order chi connectivity index (χ1) is 8.81. The minimum atomic E-state index is -3.81. The number of hydrogen-bond donors (Lipinski definition) is 2. The van der Waals surface area contributed by atoms with Gasteiger partial charge < -0.3 is 10.1 Å².